The monoisotopic (exact) mass is 273 g/mol. The summed E-state index contributed by atoms with van der Waals surface area (Å²) in [4.78, 5) is 1.28. The summed E-state index contributed by atoms with van der Waals surface area (Å²) in [7, 11) is 0. The number of aryl methyl sites for hydroxylation is 1. The van der Waals surface area contributed by atoms with Crippen LogP contribution in [0, 0.1) is 12.8 Å². The summed E-state index contributed by atoms with van der Waals surface area (Å²) in [6.07, 6.45) is 6.67. The van der Waals surface area contributed by atoms with Gasteiger partial charge >= 0.3 is 0 Å². The first-order valence-corrected chi connectivity index (χ1v) is 7.76. The molecule has 0 amide bonds. The molecule has 3 heteroatoms. The lowest BCUT2D eigenvalue weighted by Crippen LogP contribution is -2.00. The summed E-state index contributed by atoms with van der Waals surface area (Å²) in [5.74, 6) is 1.16. The molecule has 0 aliphatic heterocycles. The average molecular weight is 273 g/mol. The third kappa shape index (κ3) is 2.66. The molecule has 1 aromatic carbocycles. The molecule has 1 aliphatic rings. The third-order valence-corrected chi connectivity index (χ3v) is 5.11. The van der Waals surface area contributed by atoms with Crippen molar-refractivity contribution in [2.24, 2.45) is 5.92 Å². The van der Waals surface area contributed by atoms with E-state index in [0.717, 1.165) is 5.92 Å². The van der Waals surface area contributed by atoms with Gasteiger partial charge in [-0.15, -0.1) is 0 Å². The molecule has 1 heterocycles. The second kappa shape index (κ2) is 5.33. The van der Waals surface area contributed by atoms with E-state index in [1.165, 1.54) is 53.8 Å². The molecule has 1 aliphatic carbocycles. The summed E-state index contributed by atoms with van der Waals surface area (Å²) in [6.45, 7) is 2.12. The zero-order valence-electron chi connectivity index (χ0n) is 11.2. The van der Waals surface area contributed by atoms with Crippen molar-refractivity contribution in [1.82, 2.24) is 4.37 Å². The second-order valence-corrected chi connectivity index (χ2v) is 6.25. The molecule has 2 aromatic rings. The highest BCUT2D eigenvalue weighted by atomic mass is 32.1. The Bertz CT molecular complexity index is 553. The minimum atomic E-state index is 0.322. The smallest absolute Gasteiger partial charge is 0.115 e. The van der Waals surface area contributed by atoms with Gasteiger partial charge in [-0.2, -0.15) is 4.37 Å². The molecule has 19 heavy (non-hydrogen) atoms. The molecule has 0 unspecified atom stereocenters. The van der Waals surface area contributed by atoms with Crippen molar-refractivity contribution in [3.63, 3.8) is 0 Å². The minimum Gasteiger partial charge on any atom is -0.508 e. The average Bonchev–Trinajstić information content (AvgIpc) is 3.03. The van der Waals surface area contributed by atoms with Crippen LogP contribution in [-0.2, 0) is 6.42 Å². The second-order valence-electron chi connectivity index (χ2n) is 5.48. The van der Waals surface area contributed by atoms with E-state index in [9.17, 15) is 5.11 Å². The van der Waals surface area contributed by atoms with Crippen molar-refractivity contribution in [2.45, 2.75) is 39.0 Å². The van der Waals surface area contributed by atoms with Crippen LogP contribution >= 0.6 is 11.5 Å². The van der Waals surface area contributed by atoms with E-state index in [0.29, 0.717) is 5.75 Å². The zero-order valence-corrected chi connectivity index (χ0v) is 12.0. The highest BCUT2D eigenvalue weighted by molar-refractivity contribution is 7.09. The van der Waals surface area contributed by atoms with Crippen molar-refractivity contribution >= 4 is 11.5 Å². The summed E-state index contributed by atoms with van der Waals surface area (Å²) >= 11 is 1.59. The summed E-state index contributed by atoms with van der Waals surface area (Å²) < 4.78 is 4.54. The van der Waals surface area contributed by atoms with E-state index in [4.69, 9.17) is 0 Å². The van der Waals surface area contributed by atoms with Crippen molar-refractivity contribution in [1.29, 1.82) is 0 Å². The van der Waals surface area contributed by atoms with Crippen molar-refractivity contribution in [3.05, 3.63) is 35.5 Å². The predicted molar refractivity (Wildman–Crippen MR) is 79.6 cm³/mol. The Labute approximate surface area is 118 Å². The van der Waals surface area contributed by atoms with E-state index in [-0.39, 0.29) is 0 Å². The van der Waals surface area contributed by atoms with Crippen molar-refractivity contribution < 1.29 is 5.11 Å². The molecule has 0 radical (unpaired) electrons. The molecular weight excluding hydrogens is 254 g/mol. The Morgan fingerprint density at radius 3 is 2.58 bits per heavy atom. The first-order valence-electron chi connectivity index (χ1n) is 6.98. The predicted octanol–water partition coefficient (Wildman–Crippen LogP) is 4.56. The van der Waals surface area contributed by atoms with Crippen LogP contribution in [0.5, 0.6) is 5.75 Å². The highest BCUT2D eigenvalue weighted by Gasteiger charge is 2.20. The fourth-order valence-corrected chi connectivity index (χ4v) is 3.89. The van der Waals surface area contributed by atoms with E-state index in [1.54, 1.807) is 23.7 Å². The number of nitrogens with zero attached hydrogens (tertiary/aromatic N) is 1. The van der Waals surface area contributed by atoms with E-state index in [1.807, 2.05) is 12.1 Å². The highest BCUT2D eigenvalue weighted by Crippen LogP contribution is 2.36. The molecule has 0 saturated heterocycles. The maximum atomic E-state index is 9.40. The lowest BCUT2D eigenvalue weighted by atomic mass is 9.95. The molecule has 0 atom stereocenters. The maximum absolute atomic E-state index is 9.40. The molecule has 1 saturated carbocycles. The number of rotatable bonds is 3. The Morgan fingerprint density at radius 1 is 1.21 bits per heavy atom. The normalized spacial score (nSPS) is 16.1. The SMILES string of the molecule is Cc1nsc(-c2ccc(O)cc2)c1CC1CCCC1. The minimum absolute atomic E-state index is 0.322. The number of aromatic nitrogens is 1. The molecule has 1 aromatic heterocycles. The lowest BCUT2D eigenvalue weighted by Gasteiger charge is -2.10. The fraction of sp³-hybridized carbons (Fsp3) is 0.438. The largest absolute Gasteiger partial charge is 0.508 e. The van der Waals surface area contributed by atoms with Crippen LogP contribution in [0.2, 0.25) is 0 Å². The molecule has 0 spiro atoms. The van der Waals surface area contributed by atoms with Crippen LogP contribution in [0.1, 0.15) is 36.9 Å². The Hall–Kier alpha value is -1.35. The van der Waals surface area contributed by atoms with Gasteiger partial charge in [0.15, 0.2) is 0 Å². The number of phenols is 1. The number of benzene rings is 1. The standard InChI is InChI=1S/C16H19NOS/c1-11-15(10-12-4-2-3-5-12)16(19-17-11)13-6-8-14(18)9-7-13/h6-9,12,18H,2-5,10H2,1H3. The van der Waals surface area contributed by atoms with Gasteiger partial charge in [0.25, 0.3) is 0 Å². The number of phenolic OH excluding ortho intramolecular Hbond substituents is 1. The topological polar surface area (TPSA) is 33.1 Å². The van der Waals surface area contributed by atoms with E-state index in [2.05, 4.69) is 11.3 Å². The molecule has 2 nitrogen and oxygen atoms in total. The van der Waals surface area contributed by atoms with Crippen LogP contribution in [0.15, 0.2) is 24.3 Å². The van der Waals surface area contributed by atoms with Gasteiger partial charge in [0.1, 0.15) is 5.75 Å². The van der Waals surface area contributed by atoms with Gasteiger partial charge in [-0.3, -0.25) is 0 Å². The third-order valence-electron chi connectivity index (χ3n) is 4.08. The Morgan fingerprint density at radius 2 is 1.89 bits per heavy atom. The van der Waals surface area contributed by atoms with Gasteiger partial charge in [0.2, 0.25) is 0 Å². The van der Waals surface area contributed by atoms with Gasteiger partial charge in [0.05, 0.1) is 10.6 Å². The van der Waals surface area contributed by atoms with Crippen molar-refractivity contribution in [2.75, 3.05) is 0 Å². The lowest BCUT2D eigenvalue weighted by molar-refractivity contribution is 0.475. The summed E-state index contributed by atoms with van der Waals surface area (Å²) in [5.41, 5.74) is 3.78. The first kappa shape index (κ1) is 12.7. The first-order chi connectivity index (χ1) is 9.24. The molecule has 0 bridgehead atoms. The van der Waals surface area contributed by atoms with Crippen LogP contribution in [-0.4, -0.2) is 9.48 Å². The summed E-state index contributed by atoms with van der Waals surface area (Å²) in [5, 5.41) is 9.40. The number of hydrogen-bond donors (Lipinski definition) is 1. The Balaban J connectivity index is 1.91. The van der Waals surface area contributed by atoms with Crippen LogP contribution in [0.3, 0.4) is 0 Å². The number of aromatic hydroxyl groups is 1. The van der Waals surface area contributed by atoms with Crippen LogP contribution in [0.25, 0.3) is 10.4 Å². The molecule has 1 fully saturated rings. The van der Waals surface area contributed by atoms with Gasteiger partial charge < -0.3 is 5.11 Å². The fourth-order valence-electron chi connectivity index (χ4n) is 2.97. The molecule has 100 valence electrons. The van der Waals surface area contributed by atoms with Gasteiger partial charge in [-0.1, -0.05) is 25.7 Å². The molecule has 3 rings (SSSR count). The zero-order chi connectivity index (χ0) is 13.2. The number of hydrogen-bond acceptors (Lipinski definition) is 3. The van der Waals surface area contributed by atoms with Gasteiger partial charge in [-0.25, -0.2) is 0 Å². The van der Waals surface area contributed by atoms with Crippen LogP contribution in [0.4, 0.5) is 0 Å². The molecule has 1 N–H and O–H groups in total. The van der Waals surface area contributed by atoms with Gasteiger partial charge in [-0.05, 0) is 66.2 Å². The summed E-state index contributed by atoms with van der Waals surface area (Å²) in [6, 6.07) is 7.48. The maximum Gasteiger partial charge on any atom is 0.115 e. The molecular formula is C16H19NOS. The van der Waals surface area contributed by atoms with E-state index >= 15 is 0 Å². The van der Waals surface area contributed by atoms with Gasteiger partial charge in [0, 0.05) is 0 Å². The van der Waals surface area contributed by atoms with Crippen LogP contribution < -0.4 is 0 Å². The quantitative estimate of drug-likeness (QED) is 0.889. The van der Waals surface area contributed by atoms with E-state index < -0.39 is 0 Å². The Kier molecular flexibility index (Phi) is 3.56. The van der Waals surface area contributed by atoms with Crippen molar-refractivity contribution in [3.8, 4) is 16.2 Å².